The molecule has 88 valence electrons. The summed E-state index contributed by atoms with van der Waals surface area (Å²) in [6, 6.07) is 0. The Morgan fingerprint density at radius 1 is 1.53 bits per heavy atom. The van der Waals surface area contributed by atoms with Crippen LogP contribution < -0.4 is 0 Å². The molecule has 0 aliphatic rings. The molecule has 0 aliphatic heterocycles. The molecule has 0 saturated carbocycles. The van der Waals surface area contributed by atoms with Crippen LogP contribution >= 0.6 is 0 Å². The van der Waals surface area contributed by atoms with Gasteiger partial charge in [-0.15, -0.1) is 6.58 Å². The van der Waals surface area contributed by atoms with Crippen molar-refractivity contribution in [1.29, 1.82) is 0 Å². The number of alkyl halides is 3. The van der Waals surface area contributed by atoms with Gasteiger partial charge in [-0.3, -0.25) is 4.79 Å². The maximum atomic E-state index is 12.1. The Morgan fingerprint density at radius 3 is 2.53 bits per heavy atom. The number of aliphatic carboxylic acids is 1. The number of carboxylic acids is 1. The molecule has 1 N–H and O–H groups in total. The highest BCUT2D eigenvalue weighted by Crippen LogP contribution is 2.26. The Kier molecular flexibility index (Phi) is 6.00. The fraction of sp³-hybridized carbons (Fsp3) is 0.667. The Hall–Kier alpha value is -1.04. The van der Waals surface area contributed by atoms with Crippen LogP contribution in [0, 0.1) is 5.92 Å². The lowest BCUT2D eigenvalue weighted by Gasteiger charge is -2.15. The van der Waals surface area contributed by atoms with Crippen LogP contribution in [0.2, 0.25) is 0 Å². The molecule has 0 radical (unpaired) electrons. The van der Waals surface area contributed by atoms with Crippen LogP contribution in [0.25, 0.3) is 0 Å². The maximum absolute atomic E-state index is 12.1. The number of rotatable bonds is 7. The highest BCUT2D eigenvalue weighted by atomic mass is 19.4. The Bertz CT molecular complexity index is 213. The van der Waals surface area contributed by atoms with Crippen molar-refractivity contribution in [2.75, 3.05) is 13.2 Å². The number of carbonyl (C=O) groups is 1. The molecule has 0 heterocycles. The molecular weight excluding hydrogens is 213 g/mol. The second-order valence-corrected chi connectivity index (χ2v) is 2.94. The zero-order valence-corrected chi connectivity index (χ0v) is 8.09. The summed E-state index contributed by atoms with van der Waals surface area (Å²) < 4.78 is 40.8. The summed E-state index contributed by atoms with van der Waals surface area (Å²) in [4.78, 5) is 10.2. The van der Waals surface area contributed by atoms with E-state index in [0.717, 1.165) is 0 Å². The summed E-state index contributed by atoms with van der Waals surface area (Å²) in [5, 5.41) is 8.30. The van der Waals surface area contributed by atoms with Crippen molar-refractivity contribution in [3.8, 4) is 0 Å². The van der Waals surface area contributed by atoms with Crippen LogP contribution in [0.4, 0.5) is 13.2 Å². The van der Waals surface area contributed by atoms with E-state index in [1.54, 1.807) is 6.08 Å². The molecule has 0 aliphatic carbocycles. The molecule has 0 bridgehead atoms. The third-order valence-electron chi connectivity index (χ3n) is 1.67. The van der Waals surface area contributed by atoms with Gasteiger partial charge in [0.1, 0.15) is 0 Å². The number of unbranched alkanes of at least 4 members (excludes halogenated alkanes) is 1. The number of hydrogen-bond donors (Lipinski definition) is 1. The first-order chi connectivity index (χ1) is 6.89. The van der Waals surface area contributed by atoms with Gasteiger partial charge in [0.15, 0.2) is 5.92 Å². The standard InChI is InChI=1S/C9H13F3O3/c1-2-3-4-5-15-6-7(8(13)14)9(10,11)12/h2,7H,1,3-6H2,(H,13,14). The molecule has 0 fully saturated rings. The molecule has 0 saturated heterocycles. The summed E-state index contributed by atoms with van der Waals surface area (Å²) >= 11 is 0. The fourth-order valence-electron chi connectivity index (χ4n) is 0.837. The van der Waals surface area contributed by atoms with Crippen LogP contribution in [-0.2, 0) is 9.53 Å². The highest BCUT2D eigenvalue weighted by Gasteiger charge is 2.45. The van der Waals surface area contributed by atoms with Gasteiger partial charge in [-0.2, -0.15) is 13.2 Å². The Morgan fingerprint density at radius 2 is 2.13 bits per heavy atom. The molecule has 0 spiro atoms. The van der Waals surface area contributed by atoms with Gasteiger partial charge in [0.2, 0.25) is 0 Å². The molecule has 0 aromatic heterocycles. The lowest BCUT2D eigenvalue weighted by molar-refractivity contribution is -0.202. The van der Waals surface area contributed by atoms with Crippen molar-refractivity contribution in [2.45, 2.75) is 19.0 Å². The van der Waals surface area contributed by atoms with Crippen LogP contribution in [0.1, 0.15) is 12.8 Å². The molecule has 0 aromatic carbocycles. The third-order valence-corrected chi connectivity index (χ3v) is 1.67. The minimum absolute atomic E-state index is 0.103. The molecule has 0 rings (SSSR count). The molecule has 1 unspecified atom stereocenters. The summed E-state index contributed by atoms with van der Waals surface area (Å²) in [5.41, 5.74) is 0. The van der Waals surface area contributed by atoms with E-state index in [1.807, 2.05) is 0 Å². The Balaban J connectivity index is 3.88. The van der Waals surface area contributed by atoms with Crippen molar-refractivity contribution >= 4 is 5.97 Å². The van der Waals surface area contributed by atoms with E-state index in [4.69, 9.17) is 5.11 Å². The van der Waals surface area contributed by atoms with E-state index in [-0.39, 0.29) is 6.61 Å². The van der Waals surface area contributed by atoms with Gasteiger partial charge >= 0.3 is 12.1 Å². The molecule has 0 aromatic rings. The molecule has 0 amide bonds. The average molecular weight is 226 g/mol. The fourth-order valence-corrected chi connectivity index (χ4v) is 0.837. The molecular formula is C9H13F3O3. The van der Waals surface area contributed by atoms with Crippen molar-refractivity contribution < 1.29 is 27.8 Å². The number of ether oxygens (including phenoxy) is 1. The minimum atomic E-state index is -4.76. The van der Waals surface area contributed by atoms with Crippen molar-refractivity contribution in [1.82, 2.24) is 0 Å². The van der Waals surface area contributed by atoms with Gasteiger partial charge in [0, 0.05) is 6.61 Å². The summed E-state index contributed by atoms with van der Waals surface area (Å²) in [6.45, 7) is 2.70. The summed E-state index contributed by atoms with van der Waals surface area (Å²) in [6.07, 6.45) is -1.98. The lowest BCUT2D eigenvalue weighted by atomic mass is 10.1. The van der Waals surface area contributed by atoms with Crippen LogP contribution in [0.15, 0.2) is 12.7 Å². The van der Waals surface area contributed by atoms with Gasteiger partial charge in [0.25, 0.3) is 0 Å². The second-order valence-electron chi connectivity index (χ2n) is 2.94. The smallest absolute Gasteiger partial charge is 0.404 e. The van der Waals surface area contributed by atoms with Crippen LogP contribution in [0.5, 0.6) is 0 Å². The molecule has 6 heteroatoms. The van der Waals surface area contributed by atoms with Gasteiger partial charge in [0.05, 0.1) is 6.61 Å². The first kappa shape index (κ1) is 14.0. The topological polar surface area (TPSA) is 46.5 Å². The zero-order valence-electron chi connectivity index (χ0n) is 8.09. The van der Waals surface area contributed by atoms with Crippen molar-refractivity contribution in [3.05, 3.63) is 12.7 Å². The normalized spacial score (nSPS) is 13.5. The average Bonchev–Trinajstić information content (AvgIpc) is 2.08. The lowest BCUT2D eigenvalue weighted by Crippen LogP contribution is -2.34. The minimum Gasteiger partial charge on any atom is -0.481 e. The van der Waals surface area contributed by atoms with Crippen molar-refractivity contribution in [3.63, 3.8) is 0 Å². The SMILES string of the molecule is C=CCCCOCC(C(=O)O)C(F)(F)F. The predicted octanol–water partition coefficient (Wildman–Crippen LogP) is 2.23. The van der Waals surface area contributed by atoms with E-state index in [1.165, 1.54) is 0 Å². The summed E-state index contributed by atoms with van der Waals surface area (Å²) in [5.74, 6) is -4.35. The zero-order chi connectivity index (χ0) is 11.9. The summed E-state index contributed by atoms with van der Waals surface area (Å²) in [7, 11) is 0. The second kappa shape index (κ2) is 6.44. The molecule has 15 heavy (non-hydrogen) atoms. The molecule has 3 nitrogen and oxygen atoms in total. The van der Waals surface area contributed by atoms with Gasteiger partial charge < -0.3 is 9.84 Å². The van der Waals surface area contributed by atoms with E-state index in [9.17, 15) is 18.0 Å². The quantitative estimate of drug-likeness (QED) is 0.535. The predicted molar refractivity (Wildman–Crippen MR) is 47.4 cm³/mol. The third kappa shape index (κ3) is 6.11. The van der Waals surface area contributed by atoms with E-state index in [0.29, 0.717) is 12.8 Å². The Labute approximate surface area is 85.5 Å². The van der Waals surface area contributed by atoms with Crippen LogP contribution in [0.3, 0.4) is 0 Å². The van der Waals surface area contributed by atoms with E-state index >= 15 is 0 Å². The van der Waals surface area contributed by atoms with Gasteiger partial charge in [-0.05, 0) is 12.8 Å². The number of carboxylic acid groups (broad SMARTS) is 1. The van der Waals surface area contributed by atoms with Gasteiger partial charge in [-0.1, -0.05) is 6.08 Å². The maximum Gasteiger partial charge on any atom is 0.404 e. The van der Waals surface area contributed by atoms with E-state index in [2.05, 4.69) is 11.3 Å². The van der Waals surface area contributed by atoms with E-state index < -0.39 is 24.7 Å². The largest absolute Gasteiger partial charge is 0.481 e. The number of allylic oxidation sites excluding steroid dienone is 1. The first-order valence-corrected chi connectivity index (χ1v) is 4.37. The number of halogens is 3. The number of hydrogen-bond acceptors (Lipinski definition) is 2. The highest BCUT2D eigenvalue weighted by molar-refractivity contribution is 5.71. The van der Waals surface area contributed by atoms with Gasteiger partial charge in [-0.25, -0.2) is 0 Å². The molecule has 1 atom stereocenters. The monoisotopic (exact) mass is 226 g/mol. The first-order valence-electron chi connectivity index (χ1n) is 4.37. The van der Waals surface area contributed by atoms with Crippen molar-refractivity contribution in [2.24, 2.45) is 5.92 Å². The van der Waals surface area contributed by atoms with Crippen LogP contribution in [-0.4, -0.2) is 30.5 Å².